The first-order chi connectivity index (χ1) is 9.73. The molecule has 0 fully saturated rings. The first-order valence-electron chi connectivity index (χ1n) is 6.03. The van der Waals surface area contributed by atoms with Gasteiger partial charge in [-0.1, -0.05) is 0 Å². The highest BCUT2D eigenvalue weighted by Crippen LogP contribution is 2.17. The summed E-state index contributed by atoms with van der Waals surface area (Å²) in [5, 5.41) is 8.78. The molecule has 0 aliphatic carbocycles. The smallest absolute Gasteiger partial charge is 0.323 e. The highest BCUT2D eigenvalue weighted by atomic mass is 19.2. The van der Waals surface area contributed by atoms with Gasteiger partial charge in [-0.2, -0.15) is 0 Å². The molecule has 1 aromatic carbocycles. The highest BCUT2D eigenvalue weighted by Gasteiger charge is 2.24. The van der Waals surface area contributed by atoms with Crippen LogP contribution in [0.5, 0.6) is 0 Å². The molecule has 1 rings (SSSR count). The fraction of sp³-hybridized carbons (Fsp3) is 0.385. The lowest BCUT2D eigenvalue weighted by atomic mass is 10.1. The van der Waals surface area contributed by atoms with E-state index in [4.69, 9.17) is 5.11 Å². The van der Waals surface area contributed by atoms with Crippen LogP contribution >= 0.6 is 0 Å². The summed E-state index contributed by atoms with van der Waals surface area (Å²) >= 11 is 0. The van der Waals surface area contributed by atoms with Gasteiger partial charge >= 0.3 is 5.97 Å². The third-order valence-corrected chi connectivity index (χ3v) is 2.70. The molecule has 0 radical (unpaired) electrons. The molecule has 1 aromatic rings. The topological polar surface area (TPSA) is 60.9 Å². The van der Waals surface area contributed by atoms with E-state index in [-0.39, 0.29) is 6.54 Å². The zero-order chi connectivity index (χ0) is 16.2. The second-order valence-electron chi connectivity index (χ2n) is 4.65. The van der Waals surface area contributed by atoms with Gasteiger partial charge in [0.25, 0.3) is 5.91 Å². The third kappa shape index (κ3) is 4.45. The van der Waals surface area contributed by atoms with E-state index in [1.165, 1.54) is 0 Å². The molecule has 8 heteroatoms. The van der Waals surface area contributed by atoms with Gasteiger partial charge in [0.1, 0.15) is 6.54 Å². The van der Waals surface area contributed by atoms with Crippen LogP contribution in [0.15, 0.2) is 12.1 Å². The number of carboxylic acid groups (broad SMARTS) is 1. The Morgan fingerprint density at radius 1 is 1.10 bits per heavy atom. The van der Waals surface area contributed by atoms with E-state index in [1.54, 1.807) is 19.0 Å². The van der Waals surface area contributed by atoms with Crippen molar-refractivity contribution >= 4 is 11.9 Å². The molecule has 0 bridgehead atoms. The lowest BCUT2D eigenvalue weighted by Crippen LogP contribution is -2.40. The first kappa shape index (κ1) is 17.0. The molecule has 116 valence electrons. The van der Waals surface area contributed by atoms with Crippen LogP contribution in [0.25, 0.3) is 0 Å². The molecule has 0 aromatic heterocycles. The zero-order valence-corrected chi connectivity index (χ0v) is 11.6. The van der Waals surface area contributed by atoms with Crippen LogP contribution in [0, 0.1) is 17.5 Å². The lowest BCUT2D eigenvalue weighted by Gasteiger charge is -2.23. The summed E-state index contributed by atoms with van der Waals surface area (Å²) in [7, 11) is 3.42. The largest absolute Gasteiger partial charge is 0.480 e. The van der Waals surface area contributed by atoms with E-state index < -0.39 is 41.4 Å². The Morgan fingerprint density at radius 3 is 2.24 bits per heavy atom. The van der Waals surface area contributed by atoms with Crippen molar-refractivity contribution < 1.29 is 27.9 Å². The fourth-order valence-corrected chi connectivity index (χ4v) is 1.60. The molecule has 0 aliphatic heterocycles. The summed E-state index contributed by atoms with van der Waals surface area (Å²) in [6.45, 7) is -0.313. The monoisotopic (exact) mass is 304 g/mol. The highest BCUT2D eigenvalue weighted by molar-refractivity contribution is 5.96. The molecule has 0 spiro atoms. The second kappa shape index (κ2) is 7.07. The minimum atomic E-state index is -1.76. The molecule has 5 nitrogen and oxygen atoms in total. The molecule has 1 amide bonds. The van der Waals surface area contributed by atoms with Crippen LogP contribution in [0.4, 0.5) is 13.2 Å². The number of rotatable bonds is 6. The maximum atomic E-state index is 13.6. The summed E-state index contributed by atoms with van der Waals surface area (Å²) in [4.78, 5) is 25.4. The van der Waals surface area contributed by atoms with Crippen LogP contribution in [0.3, 0.4) is 0 Å². The van der Waals surface area contributed by atoms with E-state index in [0.717, 1.165) is 11.0 Å². The molecule has 21 heavy (non-hydrogen) atoms. The quantitative estimate of drug-likeness (QED) is 0.802. The number of hydrogen-bond donors (Lipinski definition) is 1. The number of carbonyl (C=O) groups is 2. The SMILES string of the molecule is CN(C)CCN(CC(=O)O)C(=O)c1ccc(F)c(F)c1F. The molecule has 0 atom stereocenters. The molecular weight excluding hydrogens is 289 g/mol. The van der Waals surface area contributed by atoms with Crippen molar-refractivity contribution in [1.29, 1.82) is 0 Å². The summed E-state index contributed by atoms with van der Waals surface area (Å²) < 4.78 is 39.6. The number of benzene rings is 1. The van der Waals surface area contributed by atoms with E-state index in [9.17, 15) is 22.8 Å². The number of nitrogens with zero attached hydrogens (tertiary/aromatic N) is 2. The molecule has 0 saturated heterocycles. The number of amides is 1. The first-order valence-corrected chi connectivity index (χ1v) is 6.03. The molecular formula is C13H15F3N2O3. The Hall–Kier alpha value is -2.09. The van der Waals surface area contributed by atoms with Gasteiger partial charge < -0.3 is 14.9 Å². The van der Waals surface area contributed by atoms with Gasteiger partial charge in [-0.05, 0) is 26.2 Å². The molecule has 0 heterocycles. The van der Waals surface area contributed by atoms with Gasteiger partial charge in [-0.15, -0.1) is 0 Å². The van der Waals surface area contributed by atoms with Crippen molar-refractivity contribution in [3.8, 4) is 0 Å². The van der Waals surface area contributed by atoms with E-state index >= 15 is 0 Å². The molecule has 0 saturated carbocycles. The number of aliphatic carboxylic acids is 1. The summed E-state index contributed by atoms with van der Waals surface area (Å²) in [5.74, 6) is -7.09. The fourth-order valence-electron chi connectivity index (χ4n) is 1.60. The van der Waals surface area contributed by atoms with Gasteiger partial charge in [0.15, 0.2) is 17.5 Å². The predicted octanol–water partition coefficient (Wildman–Crippen LogP) is 1.19. The van der Waals surface area contributed by atoms with Crippen LogP contribution in [-0.4, -0.2) is 60.5 Å². The Morgan fingerprint density at radius 2 is 1.71 bits per heavy atom. The average Bonchev–Trinajstić information content (AvgIpc) is 2.39. The van der Waals surface area contributed by atoms with Crippen LogP contribution < -0.4 is 0 Å². The maximum absolute atomic E-state index is 13.6. The predicted molar refractivity (Wildman–Crippen MR) is 68.4 cm³/mol. The Balaban J connectivity index is 3.04. The Kier molecular flexibility index (Phi) is 5.71. The van der Waals surface area contributed by atoms with Crippen molar-refractivity contribution in [2.45, 2.75) is 0 Å². The zero-order valence-electron chi connectivity index (χ0n) is 11.6. The van der Waals surface area contributed by atoms with Gasteiger partial charge in [-0.3, -0.25) is 9.59 Å². The van der Waals surface area contributed by atoms with E-state index in [1.807, 2.05) is 0 Å². The van der Waals surface area contributed by atoms with Crippen molar-refractivity contribution in [3.63, 3.8) is 0 Å². The normalized spacial score (nSPS) is 10.8. The number of hydrogen-bond acceptors (Lipinski definition) is 3. The lowest BCUT2D eigenvalue weighted by molar-refractivity contribution is -0.137. The van der Waals surface area contributed by atoms with E-state index in [2.05, 4.69) is 0 Å². The Labute approximate surface area is 119 Å². The van der Waals surface area contributed by atoms with Crippen molar-refractivity contribution in [3.05, 3.63) is 35.1 Å². The van der Waals surface area contributed by atoms with Crippen molar-refractivity contribution in [1.82, 2.24) is 9.80 Å². The number of carbonyl (C=O) groups excluding carboxylic acids is 1. The standard InChI is InChI=1S/C13H15F3N2O3/c1-17(2)5-6-18(7-10(19)20)13(21)8-3-4-9(14)12(16)11(8)15/h3-4H,5-7H2,1-2H3,(H,19,20). The van der Waals surface area contributed by atoms with Crippen LogP contribution in [0.2, 0.25) is 0 Å². The minimum Gasteiger partial charge on any atom is -0.480 e. The van der Waals surface area contributed by atoms with E-state index in [0.29, 0.717) is 12.6 Å². The van der Waals surface area contributed by atoms with Gasteiger partial charge in [0.05, 0.1) is 5.56 Å². The van der Waals surface area contributed by atoms with Gasteiger partial charge in [-0.25, -0.2) is 13.2 Å². The van der Waals surface area contributed by atoms with Gasteiger partial charge in [0.2, 0.25) is 0 Å². The summed E-state index contributed by atoms with van der Waals surface area (Å²) in [6, 6.07) is 1.41. The van der Waals surface area contributed by atoms with Crippen molar-refractivity contribution in [2.24, 2.45) is 0 Å². The average molecular weight is 304 g/mol. The molecule has 0 aliphatic rings. The minimum absolute atomic E-state index is 0.0105. The van der Waals surface area contributed by atoms with Crippen molar-refractivity contribution in [2.75, 3.05) is 33.7 Å². The second-order valence-corrected chi connectivity index (χ2v) is 4.65. The maximum Gasteiger partial charge on any atom is 0.323 e. The van der Waals surface area contributed by atoms with Crippen LogP contribution in [-0.2, 0) is 4.79 Å². The van der Waals surface area contributed by atoms with Gasteiger partial charge in [0, 0.05) is 13.1 Å². The molecule has 1 N–H and O–H groups in total. The number of halogens is 3. The summed E-state index contributed by atoms with van der Waals surface area (Å²) in [6.07, 6.45) is 0. The number of likely N-dealkylation sites (N-methyl/N-ethyl adjacent to an activating group) is 1. The Bertz CT molecular complexity index is 550. The van der Waals surface area contributed by atoms with Crippen LogP contribution in [0.1, 0.15) is 10.4 Å². The third-order valence-electron chi connectivity index (χ3n) is 2.70. The summed E-state index contributed by atoms with van der Waals surface area (Å²) in [5.41, 5.74) is -0.700. The molecule has 0 unspecified atom stereocenters. The number of carboxylic acids is 1.